The molecular weight excluding hydrogens is 337 g/mol. The molecule has 0 bridgehead atoms. The number of likely N-dealkylation sites (tertiary alicyclic amines) is 1. The number of carbonyl (C=O) groups excluding carboxylic acids is 1. The Morgan fingerprint density at radius 3 is 2.78 bits per heavy atom. The van der Waals surface area contributed by atoms with Crippen molar-refractivity contribution in [2.45, 2.75) is 31.6 Å². The lowest BCUT2D eigenvalue weighted by Crippen LogP contribution is -2.49. The molecule has 0 N–H and O–H groups in total. The maximum atomic E-state index is 12.6. The van der Waals surface area contributed by atoms with Gasteiger partial charge in [0.25, 0.3) is 0 Å². The van der Waals surface area contributed by atoms with Crippen molar-refractivity contribution in [3.63, 3.8) is 0 Å². The third-order valence-electron chi connectivity index (χ3n) is 4.18. The highest BCUT2D eigenvalue weighted by Gasteiger charge is 2.35. The molecule has 2 aliphatic rings. The second kappa shape index (κ2) is 7.67. The summed E-state index contributed by atoms with van der Waals surface area (Å²) in [6.45, 7) is 1.91. The number of benzene rings is 1. The normalized spacial score (nSPS) is 22.9. The predicted octanol–water partition coefficient (Wildman–Crippen LogP) is 3.76. The van der Waals surface area contributed by atoms with Crippen molar-refractivity contribution >= 4 is 35.2 Å². The van der Waals surface area contributed by atoms with Gasteiger partial charge in [0.1, 0.15) is 0 Å². The van der Waals surface area contributed by atoms with Gasteiger partial charge < -0.3 is 14.4 Å². The summed E-state index contributed by atoms with van der Waals surface area (Å²) in [4.78, 5) is 14.4. The number of hydrogen-bond acceptors (Lipinski definition) is 3. The van der Waals surface area contributed by atoms with Gasteiger partial charge in [0, 0.05) is 12.6 Å². The van der Waals surface area contributed by atoms with Gasteiger partial charge in [-0.15, -0.1) is 0 Å². The zero-order chi connectivity index (χ0) is 16.2. The molecule has 0 aliphatic carbocycles. The summed E-state index contributed by atoms with van der Waals surface area (Å²) in [5, 5.41) is 0.931. The molecule has 0 radical (unpaired) electrons. The highest BCUT2D eigenvalue weighted by molar-refractivity contribution is 6.42. The monoisotopic (exact) mass is 355 g/mol. The summed E-state index contributed by atoms with van der Waals surface area (Å²) in [7, 11) is 0. The largest absolute Gasteiger partial charge is 0.348 e. The fourth-order valence-electron chi connectivity index (χ4n) is 3.02. The Morgan fingerprint density at radius 2 is 2.00 bits per heavy atom. The number of carbonyl (C=O) groups is 1. The van der Waals surface area contributed by atoms with Crippen molar-refractivity contribution < 1.29 is 14.3 Å². The van der Waals surface area contributed by atoms with Crippen LogP contribution in [0, 0.1) is 0 Å². The molecule has 1 amide bonds. The highest BCUT2D eigenvalue weighted by atomic mass is 35.5. The first-order valence-corrected chi connectivity index (χ1v) is 8.58. The van der Waals surface area contributed by atoms with Gasteiger partial charge in [0.15, 0.2) is 6.29 Å². The molecule has 23 heavy (non-hydrogen) atoms. The van der Waals surface area contributed by atoms with E-state index in [1.165, 1.54) is 0 Å². The second-order valence-electron chi connectivity index (χ2n) is 5.68. The second-order valence-corrected chi connectivity index (χ2v) is 6.47. The van der Waals surface area contributed by atoms with Gasteiger partial charge in [0.05, 0.1) is 29.3 Å². The Balaban J connectivity index is 1.72. The zero-order valence-corrected chi connectivity index (χ0v) is 14.2. The summed E-state index contributed by atoms with van der Waals surface area (Å²) in [5.41, 5.74) is 0.731. The average Bonchev–Trinajstić information content (AvgIpc) is 3.10. The van der Waals surface area contributed by atoms with E-state index in [0.29, 0.717) is 23.3 Å². The van der Waals surface area contributed by atoms with Gasteiger partial charge in [0.2, 0.25) is 5.91 Å². The van der Waals surface area contributed by atoms with Crippen molar-refractivity contribution in [3.8, 4) is 0 Å². The number of piperidine rings is 1. The minimum absolute atomic E-state index is 0.0155. The number of hydrogen-bond donors (Lipinski definition) is 0. The van der Waals surface area contributed by atoms with Crippen LogP contribution < -0.4 is 0 Å². The molecule has 4 nitrogen and oxygen atoms in total. The fraction of sp³-hybridized carbons (Fsp3) is 0.471. The molecule has 2 fully saturated rings. The van der Waals surface area contributed by atoms with Crippen LogP contribution in [-0.2, 0) is 14.3 Å². The molecule has 2 heterocycles. The predicted molar refractivity (Wildman–Crippen MR) is 90.5 cm³/mol. The fourth-order valence-corrected chi connectivity index (χ4v) is 3.39. The van der Waals surface area contributed by atoms with E-state index in [0.717, 1.165) is 31.4 Å². The minimum atomic E-state index is -0.303. The Morgan fingerprint density at radius 1 is 1.22 bits per heavy atom. The van der Waals surface area contributed by atoms with Crippen LogP contribution in [0.25, 0.3) is 6.08 Å². The first kappa shape index (κ1) is 16.8. The molecule has 6 heteroatoms. The summed E-state index contributed by atoms with van der Waals surface area (Å²) in [6, 6.07) is 5.34. The quantitative estimate of drug-likeness (QED) is 0.774. The molecule has 0 aromatic heterocycles. The van der Waals surface area contributed by atoms with E-state index in [-0.39, 0.29) is 18.2 Å². The smallest absolute Gasteiger partial charge is 0.247 e. The maximum absolute atomic E-state index is 12.6. The molecule has 0 saturated carbocycles. The molecule has 124 valence electrons. The third kappa shape index (κ3) is 3.89. The van der Waals surface area contributed by atoms with E-state index < -0.39 is 0 Å². The lowest BCUT2D eigenvalue weighted by Gasteiger charge is -2.37. The van der Waals surface area contributed by atoms with E-state index in [9.17, 15) is 4.79 Å². The highest BCUT2D eigenvalue weighted by Crippen LogP contribution is 2.27. The zero-order valence-electron chi connectivity index (χ0n) is 12.7. The molecule has 1 aromatic rings. The summed E-state index contributed by atoms with van der Waals surface area (Å²) in [6.07, 6.45) is 5.94. The van der Waals surface area contributed by atoms with Gasteiger partial charge in [-0.05, 0) is 37.0 Å². The number of rotatable bonds is 3. The molecule has 1 aromatic carbocycles. The number of ether oxygens (including phenoxy) is 2. The van der Waals surface area contributed by atoms with Crippen LogP contribution in [0.3, 0.4) is 0 Å². The first-order chi connectivity index (χ1) is 11.2. The van der Waals surface area contributed by atoms with E-state index in [4.69, 9.17) is 32.7 Å². The first-order valence-electron chi connectivity index (χ1n) is 7.83. The number of amides is 1. The van der Waals surface area contributed by atoms with Crippen molar-refractivity contribution in [2.24, 2.45) is 0 Å². The summed E-state index contributed by atoms with van der Waals surface area (Å²) in [5.74, 6) is -0.0511. The Hall–Kier alpha value is -1.07. The van der Waals surface area contributed by atoms with E-state index in [2.05, 4.69) is 0 Å². The maximum Gasteiger partial charge on any atom is 0.247 e. The lowest BCUT2D eigenvalue weighted by atomic mass is 10.0. The minimum Gasteiger partial charge on any atom is -0.348 e. The van der Waals surface area contributed by atoms with Crippen molar-refractivity contribution in [3.05, 3.63) is 39.9 Å². The molecule has 1 unspecified atom stereocenters. The molecule has 3 rings (SSSR count). The SMILES string of the molecule is O=C(/C=C/c1cccc(Cl)c1Cl)N1CCCCC1C1OCCO1. The van der Waals surface area contributed by atoms with Crippen molar-refractivity contribution in [2.75, 3.05) is 19.8 Å². The number of nitrogens with zero attached hydrogens (tertiary/aromatic N) is 1. The van der Waals surface area contributed by atoms with Gasteiger partial charge in [-0.3, -0.25) is 4.79 Å². The van der Waals surface area contributed by atoms with Crippen molar-refractivity contribution in [1.82, 2.24) is 4.90 Å². The standard InChI is InChI=1S/C17H19Cl2NO3/c18-13-5-3-4-12(16(13)19)7-8-15(21)20-9-2-1-6-14(20)17-22-10-11-23-17/h3-5,7-8,14,17H,1-2,6,9-11H2/b8-7+. The number of halogens is 2. The molecule has 1 atom stereocenters. The summed E-state index contributed by atoms with van der Waals surface area (Å²) < 4.78 is 11.2. The van der Waals surface area contributed by atoms with Gasteiger partial charge in [-0.1, -0.05) is 35.3 Å². The van der Waals surface area contributed by atoms with E-state index in [1.54, 1.807) is 18.2 Å². The van der Waals surface area contributed by atoms with Crippen LogP contribution in [0.1, 0.15) is 24.8 Å². The van der Waals surface area contributed by atoms with Crippen LogP contribution in [0.15, 0.2) is 24.3 Å². The van der Waals surface area contributed by atoms with Crippen LogP contribution in [0.4, 0.5) is 0 Å². The van der Waals surface area contributed by atoms with Gasteiger partial charge in [-0.25, -0.2) is 0 Å². The van der Waals surface area contributed by atoms with Crippen LogP contribution in [0.2, 0.25) is 10.0 Å². The summed E-state index contributed by atoms with van der Waals surface area (Å²) >= 11 is 12.1. The Kier molecular flexibility index (Phi) is 5.59. The third-order valence-corrected chi connectivity index (χ3v) is 5.01. The molecule has 2 saturated heterocycles. The lowest BCUT2D eigenvalue weighted by molar-refractivity contribution is -0.145. The Bertz CT molecular complexity index is 600. The topological polar surface area (TPSA) is 38.8 Å². The van der Waals surface area contributed by atoms with Gasteiger partial charge >= 0.3 is 0 Å². The van der Waals surface area contributed by atoms with Crippen LogP contribution in [0.5, 0.6) is 0 Å². The molecule has 0 spiro atoms. The Labute approximate surface area is 145 Å². The molecule has 2 aliphatic heterocycles. The molecular formula is C17H19Cl2NO3. The van der Waals surface area contributed by atoms with Gasteiger partial charge in [-0.2, -0.15) is 0 Å². The van der Waals surface area contributed by atoms with Crippen LogP contribution >= 0.6 is 23.2 Å². The average molecular weight is 356 g/mol. The van der Waals surface area contributed by atoms with E-state index in [1.807, 2.05) is 17.0 Å². The van der Waals surface area contributed by atoms with Crippen molar-refractivity contribution in [1.29, 1.82) is 0 Å². The van der Waals surface area contributed by atoms with Crippen LogP contribution in [-0.4, -0.2) is 42.9 Å². The van der Waals surface area contributed by atoms with E-state index >= 15 is 0 Å².